The second-order valence-corrected chi connectivity index (χ2v) is 14.9. The first-order valence-electron chi connectivity index (χ1n) is 16.6. The van der Waals surface area contributed by atoms with Gasteiger partial charge in [0.25, 0.3) is 23.3 Å². The lowest BCUT2D eigenvalue weighted by molar-refractivity contribution is -0.149. The van der Waals surface area contributed by atoms with Gasteiger partial charge in [-0.1, -0.05) is 24.3 Å². The summed E-state index contributed by atoms with van der Waals surface area (Å²) < 4.78 is 13.0. The van der Waals surface area contributed by atoms with Gasteiger partial charge < -0.3 is 19.7 Å². The number of likely N-dealkylation sites (tertiary alicyclic amines) is 2. The summed E-state index contributed by atoms with van der Waals surface area (Å²) in [7, 11) is 3.68. The first-order chi connectivity index (χ1) is 24.1. The lowest BCUT2D eigenvalue weighted by atomic mass is 9.88. The van der Waals surface area contributed by atoms with E-state index in [4.69, 9.17) is 9.47 Å². The Balaban J connectivity index is 1.09. The fourth-order valence-corrected chi connectivity index (χ4v) is 7.14. The predicted octanol–water partition coefficient (Wildman–Crippen LogP) is 4.07. The minimum absolute atomic E-state index is 0.0737. The highest BCUT2D eigenvalue weighted by molar-refractivity contribution is 9.10. The van der Waals surface area contributed by atoms with Crippen LogP contribution < -0.4 is 15.6 Å². The normalized spacial score (nSPS) is 21.2. The Morgan fingerprint density at radius 3 is 2.39 bits per heavy atom. The highest BCUT2D eigenvalue weighted by Gasteiger charge is 2.49. The molecule has 3 aromatic rings. The first kappa shape index (κ1) is 35.9. The number of nitrogens with zero attached hydrogens (tertiary/aromatic N) is 5. The van der Waals surface area contributed by atoms with Gasteiger partial charge in [0.05, 0.1) is 23.0 Å². The average molecular weight is 764 g/mol. The van der Waals surface area contributed by atoms with Crippen LogP contribution in [0.3, 0.4) is 0 Å². The summed E-state index contributed by atoms with van der Waals surface area (Å²) in [4.78, 5) is 81.1. The minimum atomic E-state index is -1.33. The molecule has 15 heteroatoms. The Morgan fingerprint density at radius 2 is 1.69 bits per heavy atom. The molecule has 1 N–H and O–H groups in total. The van der Waals surface area contributed by atoms with Crippen LogP contribution >= 0.6 is 15.9 Å². The number of piperidine rings is 2. The number of hydrogen-bond donors (Lipinski definition) is 1. The number of aromatic nitrogens is 2. The molecule has 0 bridgehead atoms. The molecule has 5 amide bonds. The molecule has 3 aliphatic heterocycles. The van der Waals surface area contributed by atoms with Gasteiger partial charge in [-0.2, -0.15) is 10.00 Å². The number of amides is 5. The fourth-order valence-electron chi connectivity index (χ4n) is 6.67. The van der Waals surface area contributed by atoms with E-state index < -0.39 is 41.4 Å². The van der Waals surface area contributed by atoms with Gasteiger partial charge in [0.1, 0.15) is 28.5 Å². The molecule has 14 nitrogen and oxygen atoms in total. The Morgan fingerprint density at radius 1 is 0.980 bits per heavy atom. The third-order valence-electron chi connectivity index (χ3n) is 9.09. The van der Waals surface area contributed by atoms with Crippen LogP contribution in [0.5, 0.6) is 5.75 Å². The minimum Gasteiger partial charge on any atom is -0.489 e. The number of aryl methyl sites for hydroxylation is 1. The number of ether oxygens (including phenoxy) is 2. The standard InChI is InChI=1S/C36H39BrN6O8/c1-36(2,3)51-35(49)43-29(44)13-12-28(33(43)47)42-31(45)25-11-10-24(15-26(25)32(42)46)50-19-20-6-8-21(9-7-20)22-14-23(18-40(4)17-22)39-27-16-38-41(5)34(48)30(27)37/h6-11,15-16,22-23,28,39H,12-14,17-19H2,1-5H3/t22-,23+,28?/m0/s1. The van der Waals surface area contributed by atoms with Crippen molar-refractivity contribution in [1.82, 2.24) is 24.5 Å². The van der Waals surface area contributed by atoms with Crippen molar-refractivity contribution < 1.29 is 33.4 Å². The summed E-state index contributed by atoms with van der Waals surface area (Å²) >= 11 is 3.40. The van der Waals surface area contributed by atoms with E-state index >= 15 is 0 Å². The number of anilines is 1. The molecule has 2 fully saturated rings. The highest BCUT2D eigenvalue weighted by atomic mass is 79.9. The molecule has 2 saturated heterocycles. The number of benzene rings is 2. The summed E-state index contributed by atoms with van der Waals surface area (Å²) in [6.07, 6.45) is 1.06. The van der Waals surface area contributed by atoms with Crippen LogP contribution in [0.15, 0.2) is 57.9 Å². The molecule has 268 valence electrons. The molecule has 6 rings (SSSR count). The van der Waals surface area contributed by atoms with Crippen LogP contribution in [0.25, 0.3) is 0 Å². The summed E-state index contributed by atoms with van der Waals surface area (Å²) in [6, 6.07) is 11.4. The van der Waals surface area contributed by atoms with Gasteiger partial charge >= 0.3 is 6.09 Å². The maximum Gasteiger partial charge on any atom is 0.424 e. The smallest absolute Gasteiger partial charge is 0.424 e. The lowest BCUT2D eigenvalue weighted by Crippen LogP contribution is -2.58. The maximum absolute atomic E-state index is 13.5. The van der Waals surface area contributed by atoms with Crippen molar-refractivity contribution in [3.05, 3.63) is 85.7 Å². The summed E-state index contributed by atoms with van der Waals surface area (Å²) in [5.74, 6) is -2.50. The van der Waals surface area contributed by atoms with E-state index in [1.807, 2.05) is 12.1 Å². The fraction of sp³-hybridized carbons (Fsp3) is 0.417. The van der Waals surface area contributed by atoms with Crippen LogP contribution in [0, 0.1) is 0 Å². The molecule has 51 heavy (non-hydrogen) atoms. The van der Waals surface area contributed by atoms with E-state index in [1.54, 1.807) is 40.1 Å². The molecule has 2 aromatic carbocycles. The van der Waals surface area contributed by atoms with E-state index in [-0.39, 0.29) is 48.1 Å². The van der Waals surface area contributed by atoms with Crippen LogP contribution in [0.1, 0.15) is 77.8 Å². The van der Waals surface area contributed by atoms with Gasteiger partial charge in [-0.05, 0) is 91.8 Å². The first-order valence-corrected chi connectivity index (χ1v) is 17.4. The number of fused-ring (bicyclic) bond motifs is 1. The topological polar surface area (TPSA) is 160 Å². The van der Waals surface area contributed by atoms with Crippen molar-refractivity contribution in [3.63, 3.8) is 0 Å². The predicted molar refractivity (Wildman–Crippen MR) is 188 cm³/mol. The quantitative estimate of drug-likeness (QED) is 0.346. The Hall–Kier alpha value is -4.89. The Kier molecular flexibility index (Phi) is 9.88. The largest absolute Gasteiger partial charge is 0.489 e. The second-order valence-electron chi connectivity index (χ2n) is 14.1. The molecule has 3 atom stereocenters. The molecule has 1 aromatic heterocycles. The van der Waals surface area contributed by atoms with E-state index in [0.717, 1.165) is 30.0 Å². The second kappa shape index (κ2) is 14.0. The number of nitrogens with one attached hydrogen (secondary N) is 1. The lowest BCUT2D eigenvalue weighted by Gasteiger charge is -2.37. The monoisotopic (exact) mass is 762 g/mol. The molecule has 0 aliphatic carbocycles. The van der Waals surface area contributed by atoms with Crippen LogP contribution in [0.2, 0.25) is 0 Å². The van der Waals surface area contributed by atoms with Gasteiger partial charge in [-0.15, -0.1) is 0 Å². The van der Waals surface area contributed by atoms with Gasteiger partial charge in [0, 0.05) is 32.6 Å². The molecular weight excluding hydrogens is 724 g/mol. The van der Waals surface area contributed by atoms with Gasteiger partial charge in [-0.25, -0.2) is 9.48 Å². The zero-order valence-corrected chi connectivity index (χ0v) is 30.6. The summed E-state index contributed by atoms with van der Waals surface area (Å²) in [5, 5.41) is 7.61. The third kappa shape index (κ3) is 7.45. The van der Waals surface area contributed by atoms with Crippen LogP contribution in [0.4, 0.5) is 10.5 Å². The Labute approximate surface area is 302 Å². The molecule has 0 spiro atoms. The maximum atomic E-state index is 13.5. The SMILES string of the molecule is CN1C[C@H](Nc2cnn(C)c(=O)c2Br)C[C@H](c2ccc(COc3ccc4c(c3)C(=O)N(C3CCC(=O)N(C(=O)OC(C)(C)C)C3=O)C4=O)cc2)C1. The van der Waals surface area contributed by atoms with Gasteiger partial charge in [-0.3, -0.25) is 28.9 Å². The number of carbonyl (C=O) groups excluding carboxylic acids is 5. The van der Waals surface area contributed by atoms with Crippen LogP contribution in [-0.4, -0.2) is 92.0 Å². The third-order valence-corrected chi connectivity index (χ3v) is 9.86. The number of imide groups is 4. The zero-order valence-electron chi connectivity index (χ0n) is 29.0. The number of likely N-dealkylation sites (N-methyl/N-ethyl adjacent to an activating group) is 1. The molecular formula is C36H39BrN6O8. The number of halogens is 1. The summed E-state index contributed by atoms with van der Waals surface area (Å²) in [5.41, 5.74) is 1.75. The molecule has 0 saturated carbocycles. The highest BCUT2D eigenvalue weighted by Crippen LogP contribution is 2.33. The van der Waals surface area contributed by atoms with E-state index in [2.05, 4.69) is 50.4 Å². The number of carbonyl (C=O) groups is 5. The average Bonchev–Trinajstić information content (AvgIpc) is 3.31. The Bertz CT molecular complexity index is 1970. The summed E-state index contributed by atoms with van der Waals surface area (Å²) in [6.45, 7) is 6.70. The molecule has 0 radical (unpaired) electrons. The van der Waals surface area contributed by atoms with Crippen molar-refractivity contribution in [3.8, 4) is 5.75 Å². The van der Waals surface area contributed by atoms with E-state index in [1.165, 1.54) is 22.4 Å². The van der Waals surface area contributed by atoms with Crippen LogP contribution in [-0.2, 0) is 28.0 Å². The molecule has 1 unspecified atom stereocenters. The van der Waals surface area contributed by atoms with Gasteiger partial charge in [0.2, 0.25) is 5.91 Å². The van der Waals surface area contributed by atoms with Crippen molar-refractivity contribution in [1.29, 1.82) is 0 Å². The van der Waals surface area contributed by atoms with E-state index in [0.29, 0.717) is 20.8 Å². The number of rotatable bonds is 7. The molecule has 3 aliphatic rings. The van der Waals surface area contributed by atoms with Crippen molar-refractivity contribution in [2.24, 2.45) is 7.05 Å². The van der Waals surface area contributed by atoms with Gasteiger partial charge in [0.15, 0.2) is 0 Å². The number of hydrogen-bond acceptors (Lipinski definition) is 11. The molecule has 4 heterocycles. The van der Waals surface area contributed by atoms with Crippen molar-refractivity contribution >= 4 is 51.3 Å². The van der Waals surface area contributed by atoms with E-state index in [9.17, 15) is 28.8 Å². The van der Waals surface area contributed by atoms with Crippen molar-refractivity contribution in [2.75, 3.05) is 25.5 Å². The zero-order chi connectivity index (χ0) is 36.8. The van der Waals surface area contributed by atoms with Crippen molar-refractivity contribution in [2.45, 2.75) is 70.2 Å².